The predicted octanol–water partition coefficient (Wildman–Crippen LogP) is 4.01. The number of methoxy groups -OCH3 is 1. The van der Waals surface area contributed by atoms with Gasteiger partial charge in [0.15, 0.2) is 6.61 Å². The number of sulfonamides is 1. The van der Waals surface area contributed by atoms with E-state index in [1.807, 2.05) is 12.3 Å². The van der Waals surface area contributed by atoms with Gasteiger partial charge in [-0.15, -0.1) is 11.8 Å². The zero-order valence-corrected chi connectivity index (χ0v) is 19.5. The standard InChI is InChI=1S/C23H22N2O6S2/c1-30-21-12-4-3-11-20(21)25-33(28,29)19-10-5-7-16(13-19)23(27)31-15-22(26)24-17-8-6-9-18(14-17)32-2/h3-14,25H,15H2,1-2H3,(H,24,26). The van der Waals surface area contributed by atoms with Gasteiger partial charge in [0.25, 0.3) is 15.9 Å². The molecule has 3 rings (SSSR count). The molecule has 0 fully saturated rings. The van der Waals surface area contributed by atoms with Crippen molar-refractivity contribution in [2.45, 2.75) is 9.79 Å². The summed E-state index contributed by atoms with van der Waals surface area (Å²) in [5, 5.41) is 2.65. The fourth-order valence-corrected chi connectivity index (χ4v) is 4.41. The first-order chi connectivity index (χ1) is 15.8. The summed E-state index contributed by atoms with van der Waals surface area (Å²) in [6.07, 6.45) is 1.92. The van der Waals surface area contributed by atoms with Crippen LogP contribution in [-0.4, -0.2) is 40.3 Å². The second-order valence-electron chi connectivity index (χ2n) is 6.69. The molecule has 33 heavy (non-hydrogen) atoms. The molecule has 0 heterocycles. The number of nitrogens with one attached hydrogen (secondary N) is 2. The monoisotopic (exact) mass is 486 g/mol. The molecule has 0 aliphatic carbocycles. The zero-order valence-electron chi connectivity index (χ0n) is 17.9. The number of carbonyl (C=O) groups excluding carboxylic acids is 2. The molecular formula is C23H22N2O6S2. The molecule has 0 bridgehead atoms. The third-order valence-electron chi connectivity index (χ3n) is 4.42. The first kappa shape index (κ1) is 24.1. The van der Waals surface area contributed by atoms with Gasteiger partial charge in [-0.3, -0.25) is 9.52 Å². The predicted molar refractivity (Wildman–Crippen MR) is 127 cm³/mol. The van der Waals surface area contributed by atoms with E-state index in [1.54, 1.807) is 42.5 Å². The molecule has 0 atom stereocenters. The van der Waals surface area contributed by atoms with Crippen LogP contribution in [0.15, 0.2) is 82.6 Å². The summed E-state index contributed by atoms with van der Waals surface area (Å²) in [6, 6.07) is 19.1. The van der Waals surface area contributed by atoms with Crippen molar-refractivity contribution >= 4 is 45.0 Å². The Morgan fingerprint density at radius 2 is 1.73 bits per heavy atom. The summed E-state index contributed by atoms with van der Waals surface area (Å²) in [4.78, 5) is 25.4. The van der Waals surface area contributed by atoms with Crippen molar-refractivity contribution < 1.29 is 27.5 Å². The van der Waals surface area contributed by atoms with Crippen LogP contribution in [0.25, 0.3) is 0 Å². The minimum absolute atomic E-state index is 0.00455. The van der Waals surface area contributed by atoms with Crippen LogP contribution in [0.2, 0.25) is 0 Å². The Morgan fingerprint density at radius 3 is 2.48 bits per heavy atom. The number of benzene rings is 3. The number of rotatable bonds is 9. The van der Waals surface area contributed by atoms with Crippen LogP contribution >= 0.6 is 11.8 Å². The van der Waals surface area contributed by atoms with Gasteiger partial charge in [-0.25, -0.2) is 13.2 Å². The SMILES string of the molecule is COc1ccccc1NS(=O)(=O)c1cccc(C(=O)OCC(=O)Nc2cccc(SC)c2)c1. The first-order valence-corrected chi connectivity index (χ1v) is 12.4. The second kappa shape index (κ2) is 10.9. The van der Waals surface area contributed by atoms with Gasteiger partial charge in [0, 0.05) is 10.6 Å². The van der Waals surface area contributed by atoms with Gasteiger partial charge in [-0.1, -0.05) is 24.3 Å². The Bertz CT molecular complexity index is 1260. The third-order valence-corrected chi connectivity index (χ3v) is 6.51. The summed E-state index contributed by atoms with van der Waals surface area (Å²) in [5.74, 6) is -0.980. The molecule has 0 unspecified atom stereocenters. The molecule has 172 valence electrons. The molecule has 0 aliphatic rings. The van der Waals surface area contributed by atoms with E-state index in [1.165, 1.54) is 43.1 Å². The molecule has 10 heteroatoms. The number of amides is 1. The lowest BCUT2D eigenvalue weighted by atomic mass is 10.2. The van der Waals surface area contributed by atoms with Gasteiger partial charge >= 0.3 is 5.97 Å². The molecule has 0 saturated carbocycles. The van der Waals surface area contributed by atoms with E-state index in [9.17, 15) is 18.0 Å². The normalized spacial score (nSPS) is 10.8. The third kappa shape index (κ3) is 6.50. The number of ether oxygens (including phenoxy) is 2. The Labute approximate surface area is 196 Å². The maximum absolute atomic E-state index is 12.8. The molecule has 2 N–H and O–H groups in total. The fourth-order valence-electron chi connectivity index (χ4n) is 2.84. The van der Waals surface area contributed by atoms with Crippen molar-refractivity contribution in [2.24, 2.45) is 0 Å². The topological polar surface area (TPSA) is 111 Å². The van der Waals surface area contributed by atoms with E-state index >= 15 is 0 Å². The van der Waals surface area contributed by atoms with E-state index in [-0.39, 0.29) is 16.1 Å². The van der Waals surface area contributed by atoms with Gasteiger partial charge in [0.2, 0.25) is 0 Å². The Hall–Kier alpha value is -3.50. The highest BCUT2D eigenvalue weighted by Crippen LogP contribution is 2.26. The van der Waals surface area contributed by atoms with Crippen LogP contribution in [-0.2, 0) is 19.6 Å². The number of carbonyl (C=O) groups is 2. The van der Waals surface area contributed by atoms with Crippen LogP contribution < -0.4 is 14.8 Å². The summed E-state index contributed by atoms with van der Waals surface area (Å²) < 4.78 is 38.2. The van der Waals surface area contributed by atoms with Crippen molar-refractivity contribution in [3.05, 3.63) is 78.4 Å². The highest BCUT2D eigenvalue weighted by atomic mass is 32.2. The quantitative estimate of drug-likeness (QED) is 0.347. The van der Waals surface area contributed by atoms with Crippen molar-refractivity contribution in [1.29, 1.82) is 0 Å². The molecule has 0 radical (unpaired) electrons. The second-order valence-corrected chi connectivity index (χ2v) is 9.25. The van der Waals surface area contributed by atoms with E-state index < -0.39 is 28.5 Å². The first-order valence-electron chi connectivity index (χ1n) is 9.69. The Kier molecular flexibility index (Phi) is 7.96. The summed E-state index contributed by atoms with van der Waals surface area (Å²) in [6.45, 7) is -0.515. The fraction of sp³-hybridized carbons (Fsp3) is 0.130. The van der Waals surface area contributed by atoms with Crippen LogP contribution in [0.3, 0.4) is 0 Å². The highest BCUT2D eigenvalue weighted by molar-refractivity contribution is 7.98. The summed E-state index contributed by atoms with van der Waals surface area (Å²) in [7, 11) is -2.57. The molecule has 8 nitrogen and oxygen atoms in total. The van der Waals surface area contributed by atoms with Gasteiger partial charge in [-0.2, -0.15) is 0 Å². The van der Waals surface area contributed by atoms with Crippen molar-refractivity contribution in [2.75, 3.05) is 30.0 Å². The average Bonchev–Trinajstić information content (AvgIpc) is 2.83. The summed E-state index contributed by atoms with van der Waals surface area (Å²) in [5.41, 5.74) is 0.837. The number of hydrogen-bond donors (Lipinski definition) is 2. The van der Waals surface area contributed by atoms with E-state index in [0.717, 1.165) is 4.90 Å². The number of thioether (sulfide) groups is 1. The van der Waals surface area contributed by atoms with E-state index in [0.29, 0.717) is 11.4 Å². The lowest BCUT2D eigenvalue weighted by Gasteiger charge is -2.12. The molecule has 0 aliphatic heterocycles. The maximum Gasteiger partial charge on any atom is 0.338 e. The number of esters is 1. The maximum atomic E-state index is 12.8. The van der Waals surface area contributed by atoms with Gasteiger partial charge < -0.3 is 14.8 Å². The minimum atomic E-state index is -4.00. The van der Waals surface area contributed by atoms with Crippen LogP contribution in [0.4, 0.5) is 11.4 Å². The van der Waals surface area contributed by atoms with Crippen LogP contribution in [0.1, 0.15) is 10.4 Å². The molecule has 3 aromatic rings. The largest absolute Gasteiger partial charge is 0.495 e. The molecule has 0 saturated heterocycles. The lowest BCUT2D eigenvalue weighted by molar-refractivity contribution is -0.119. The summed E-state index contributed by atoms with van der Waals surface area (Å²) >= 11 is 1.53. The van der Waals surface area contributed by atoms with Gasteiger partial charge in [0.1, 0.15) is 5.75 Å². The molecule has 0 spiro atoms. The van der Waals surface area contributed by atoms with Gasteiger partial charge in [0.05, 0.1) is 23.3 Å². The van der Waals surface area contributed by atoms with Crippen molar-refractivity contribution in [3.8, 4) is 5.75 Å². The lowest BCUT2D eigenvalue weighted by Crippen LogP contribution is -2.21. The van der Waals surface area contributed by atoms with Gasteiger partial charge in [-0.05, 0) is 54.8 Å². The Balaban J connectivity index is 1.65. The smallest absolute Gasteiger partial charge is 0.338 e. The number of para-hydroxylation sites is 2. The van der Waals surface area contributed by atoms with Crippen molar-refractivity contribution in [3.63, 3.8) is 0 Å². The zero-order chi connectivity index (χ0) is 23.8. The number of hydrogen-bond acceptors (Lipinski definition) is 7. The molecule has 1 amide bonds. The van der Waals surface area contributed by atoms with Crippen LogP contribution in [0.5, 0.6) is 5.75 Å². The van der Waals surface area contributed by atoms with E-state index in [4.69, 9.17) is 9.47 Å². The van der Waals surface area contributed by atoms with E-state index in [2.05, 4.69) is 10.0 Å². The average molecular weight is 487 g/mol. The Morgan fingerprint density at radius 1 is 0.970 bits per heavy atom. The highest BCUT2D eigenvalue weighted by Gasteiger charge is 2.19. The molecular weight excluding hydrogens is 464 g/mol. The van der Waals surface area contributed by atoms with Crippen LogP contribution in [0, 0.1) is 0 Å². The number of anilines is 2. The molecule has 3 aromatic carbocycles. The van der Waals surface area contributed by atoms with Crippen molar-refractivity contribution in [1.82, 2.24) is 0 Å². The minimum Gasteiger partial charge on any atom is -0.495 e. The molecule has 0 aromatic heterocycles.